The first-order chi connectivity index (χ1) is 14.6. The Morgan fingerprint density at radius 1 is 1.10 bits per heavy atom. The van der Waals surface area contributed by atoms with Crippen molar-refractivity contribution in [2.45, 2.75) is 32.4 Å². The van der Waals surface area contributed by atoms with E-state index in [1.165, 1.54) is 0 Å². The van der Waals surface area contributed by atoms with Crippen LogP contribution in [0.3, 0.4) is 0 Å². The van der Waals surface area contributed by atoms with Crippen LogP contribution in [0.5, 0.6) is 5.75 Å². The van der Waals surface area contributed by atoms with E-state index < -0.39 is 0 Å². The van der Waals surface area contributed by atoms with E-state index in [0.717, 1.165) is 57.9 Å². The predicted molar refractivity (Wildman–Crippen MR) is 114 cm³/mol. The second-order valence-electron chi connectivity index (χ2n) is 8.71. The van der Waals surface area contributed by atoms with Crippen LogP contribution in [0, 0.1) is 36.9 Å². The maximum Gasteiger partial charge on any atom is 0.268 e. The molecule has 1 aliphatic carbocycles. The molecular formula is C22H21BN6O. The van der Waals surface area contributed by atoms with Crippen LogP contribution in [0.4, 0.5) is 0 Å². The van der Waals surface area contributed by atoms with Crippen LogP contribution >= 0.6 is 0 Å². The summed E-state index contributed by atoms with van der Waals surface area (Å²) in [5.74, 6) is 4.87. The van der Waals surface area contributed by atoms with Crippen molar-refractivity contribution in [3.63, 3.8) is 0 Å². The monoisotopic (exact) mass is 396 g/mol. The number of hydrogen-bond donors (Lipinski definition) is 0. The molecule has 5 heterocycles. The Kier molecular flexibility index (Phi) is 3.55. The van der Waals surface area contributed by atoms with Crippen molar-refractivity contribution in [2.24, 2.45) is 11.8 Å². The number of nitrogens with zero attached hydrogens (tertiary/aromatic N) is 6. The number of hydrogen-bond acceptors (Lipinski definition) is 5. The number of imidazole rings is 2. The minimum absolute atomic E-state index is 0.227. The van der Waals surface area contributed by atoms with Crippen LogP contribution in [0.1, 0.15) is 22.9 Å². The zero-order valence-electron chi connectivity index (χ0n) is 17.2. The summed E-state index contributed by atoms with van der Waals surface area (Å²) >= 11 is 0. The molecule has 8 heteroatoms. The summed E-state index contributed by atoms with van der Waals surface area (Å²) in [7, 11) is 1.68. The van der Waals surface area contributed by atoms with Gasteiger partial charge in [-0.25, -0.2) is 19.7 Å². The fourth-order valence-corrected chi connectivity index (χ4v) is 5.31. The lowest BCUT2D eigenvalue weighted by atomic mass is 9.48. The molecule has 6 rings (SSSR count). The van der Waals surface area contributed by atoms with Crippen molar-refractivity contribution >= 4 is 18.0 Å². The number of aromatic nitrogens is 5. The topological polar surface area (TPSA) is 80.5 Å². The first-order valence-corrected chi connectivity index (χ1v) is 10.4. The van der Waals surface area contributed by atoms with E-state index >= 15 is 0 Å². The highest BCUT2D eigenvalue weighted by atomic mass is 16.5. The van der Waals surface area contributed by atoms with Gasteiger partial charge in [-0.3, -0.25) is 0 Å². The summed E-state index contributed by atoms with van der Waals surface area (Å²) in [6, 6.07) is 4.07. The Labute approximate surface area is 174 Å². The van der Waals surface area contributed by atoms with Crippen molar-refractivity contribution in [1.29, 1.82) is 5.26 Å². The lowest BCUT2D eigenvalue weighted by Gasteiger charge is -2.08. The largest absolute Gasteiger partial charge is 0.493 e. The van der Waals surface area contributed by atoms with Gasteiger partial charge >= 0.3 is 0 Å². The number of nitriles is 1. The average molecular weight is 396 g/mol. The zero-order valence-corrected chi connectivity index (χ0v) is 17.2. The minimum Gasteiger partial charge on any atom is -0.493 e. The molecule has 1 aliphatic heterocycles. The van der Waals surface area contributed by atoms with Crippen LogP contribution in [0.25, 0.3) is 22.6 Å². The summed E-state index contributed by atoms with van der Waals surface area (Å²) in [6.07, 6.45) is 8.16. The van der Waals surface area contributed by atoms with Crippen LogP contribution < -0.4 is 4.74 Å². The predicted octanol–water partition coefficient (Wildman–Crippen LogP) is 3.57. The van der Waals surface area contributed by atoms with Crippen molar-refractivity contribution in [2.75, 3.05) is 7.11 Å². The van der Waals surface area contributed by atoms with Gasteiger partial charge in [0.1, 0.15) is 0 Å². The Bertz CT molecular complexity index is 1350. The number of fused-ring (bicyclic) bond motifs is 3. The molecule has 2 aliphatic rings. The normalized spacial score (nSPS) is 22.5. The van der Waals surface area contributed by atoms with Crippen molar-refractivity contribution in [1.82, 2.24) is 24.0 Å². The molecule has 0 aromatic carbocycles. The molecule has 30 heavy (non-hydrogen) atoms. The van der Waals surface area contributed by atoms with Gasteiger partial charge in [0.15, 0.2) is 17.0 Å². The third kappa shape index (κ3) is 2.48. The molecule has 1 saturated carbocycles. The maximum atomic E-state index is 9.17. The third-order valence-electron chi connectivity index (χ3n) is 6.75. The van der Waals surface area contributed by atoms with E-state index in [2.05, 4.69) is 40.7 Å². The highest BCUT2D eigenvalue weighted by molar-refractivity contribution is 6.68. The molecule has 0 N–H and O–H groups in total. The molecule has 2 unspecified atom stereocenters. The molecule has 7 nitrogen and oxygen atoms in total. The van der Waals surface area contributed by atoms with Gasteiger partial charge in [-0.1, -0.05) is 12.6 Å². The molecular weight excluding hydrogens is 375 g/mol. The molecule has 2 atom stereocenters. The van der Waals surface area contributed by atoms with Gasteiger partial charge in [0.25, 0.3) is 6.71 Å². The molecule has 1 saturated heterocycles. The second kappa shape index (κ2) is 6.08. The van der Waals surface area contributed by atoms with E-state index in [4.69, 9.17) is 14.8 Å². The maximum absolute atomic E-state index is 9.17. The van der Waals surface area contributed by atoms with Gasteiger partial charge in [0.2, 0.25) is 0 Å². The Balaban J connectivity index is 1.42. The fourth-order valence-electron chi connectivity index (χ4n) is 5.31. The highest BCUT2D eigenvalue weighted by Crippen LogP contribution is 2.63. The first-order valence-electron chi connectivity index (χ1n) is 10.4. The summed E-state index contributed by atoms with van der Waals surface area (Å²) in [5, 5.41) is 13.9. The number of aryl methyl sites for hydroxylation is 2. The second-order valence-corrected chi connectivity index (χ2v) is 8.71. The molecule has 2 fully saturated rings. The summed E-state index contributed by atoms with van der Waals surface area (Å²) in [6.45, 7) is 4.26. The van der Waals surface area contributed by atoms with E-state index in [1.54, 1.807) is 7.11 Å². The van der Waals surface area contributed by atoms with E-state index in [1.807, 2.05) is 23.7 Å². The van der Waals surface area contributed by atoms with Gasteiger partial charge in [-0.15, -0.1) is 0 Å². The van der Waals surface area contributed by atoms with Gasteiger partial charge in [0, 0.05) is 29.8 Å². The van der Waals surface area contributed by atoms with Gasteiger partial charge in [0.05, 0.1) is 30.4 Å². The number of methoxy groups -OCH3 is 1. The SMILES string of the molecule is COc1cc(-c2cc(C)c3nc(C)cn3n2)cn2cc(C3C4CB(C#N)CC43)nc12. The fraction of sp³-hybridized carbons (Fsp3) is 0.364. The molecule has 4 aromatic heterocycles. The Morgan fingerprint density at radius 3 is 2.63 bits per heavy atom. The quantitative estimate of drug-likeness (QED) is 0.495. The number of ether oxygens (including phenoxy) is 1. The lowest BCUT2D eigenvalue weighted by molar-refractivity contribution is 0.417. The Hall–Kier alpha value is -3.34. The summed E-state index contributed by atoms with van der Waals surface area (Å²) in [4.78, 5) is 9.44. The van der Waals surface area contributed by atoms with Gasteiger partial charge in [-0.2, -0.15) is 5.10 Å². The van der Waals surface area contributed by atoms with E-state index in [-0.39, 0.29) is 6.71 Å². The van der Waals surface area contributed by atoms with Crippen molar-refractivity contribution in [3.8, 4) is 23.0 Å². The van der Waals surface area contributed by atoms with E-state index in [9.17, 15) is 5.26 Å². The Morgan fingerprint density at radius 2 is 1.90 bits per heavy atom. The number of pyridine rings is 1. The first kappa shape index (κ1) is 17.5. The number of rotatable bonds is 3. The van der Waals surface area contributed by atoms with Crippen molar-refractivity contribution in [3.05, 3.63) is 47.7 Å². The molecule has 4 aromatic rings. The smallest absolute Gasteiger partial charge is 0.268 e. The average Bonchev–Trinajstić information content (AvgIpc) is 3.14. The molecule has 148 valence electrons. The molecule has 0 bridgehead atoms. The van der Waals surface area contributed by atoms with Gasteiger partial charge < -0.3 is 9.14 Å². The zero-order chi connectivity index (χ0) is 20.6. The summed E-state index contributed by atoms with van der Waals surface area (Å²) in [5.41, 5.74) is 6.69. The summed E-state index contributed by atoms with van der Waals surface area (Å²) < 4.78 is 9.58. The lowest BCUT2D eigenvalue weighted by Crippen LogP contribution is -2.07. The van der Waals surface area contributed by atoms with E-state index in [0.29, 0.717) is 17.8 Å². The van der Waals surface area contributed by atoms with Crippen LogP contribution in [0.15, 0.2) is 30.7 Å². The van der Waals surface area contributed by atoms with Crippen LogP contribution in [-0.2, 0) is 0 Å². The molecule has 0 radical (unpaired) electrons. The third-order valence-corrected chi connectivity index (χ3v) is 6.75. The van der Waals surface area contributed by atoms with Crippen LogP contribution in [0.2, 0.25) is 12.6 Å². The molecule has 0 spiro atoms. The molecule has 0 amide bonds. The van der Waals surface area contributed by atoms with Crippen molar-refractivity contribution < 1.29 is 4.74 Å². The standard InChI is InChI=1S/C22H21BN6O/c1-12-4-17(27-29-8-13(2)25-21(12)29)14-5-19(30-3)22-26-18(10-28(22)9-14)20-15-6-23(11-24)7-16(15)20/h4-5,8-10,15-16,20H,6-7H2,1-3H3. The highest BCUT2D eigenvalue weighted by Gasteiger charge is 2.58. The minimum atomic E-state index is 0.227. The van der Waals surface area contributed by atoms with Crippen LogP contribution in [-0.4, -0.2) is 37.8 Å². The van der Waals surface area contributed by atoms with Gasteiger partial charge in [-0.05, 0) is 43.4 Å².